The van der Waals surface area contributed by atoms with Crippen molar-refractivity contribution in [2.45, 2.75) is 13.0 Å². The second-order valence-electron chi connectivity index (χ2n) is 6.96. The molecular weight excluding hydrogens is 344 g/mol. The van der Waals surface area contributed by atoms with Crippen molar-refractivity contribution in [3.8, 4) is 22.8 Å². The maximum Gasteiger partial charge on any atom is 0.180 e. The SMILES string of the molecule is c1ccc(-c2cc(N3CCc4ccccc4C3)nc(-c3ccccn3)n2)cc1. The molecule has 0 bridgehead atoms. The summed E-state index contributed by atoms with van der Waals surface area (Å²) in [5, 5.41) is 0. The fourth-order valence-corrected chi connectivity index (χ4v) is 3.65. The standard InChI is InChI=1S/C24H20N4/c1-2-9-19(10-3-1)22-16-23(27-24(26-22)21-12-6-7-14-25-21)28-15-13-18-8-4-5-11-20(18)17-28/h1-12,14,16H,13,15,17H2. The van der Waals surface area contributed by atoms with E-state index < -0.39 is 0 Å². The summed E-state index contributed by atoms with van der Waals surface area (Å²) in [6.45, 7) is 1.81. The summed E-state index contributed by atoms with van der Waals surface area (Å²) >= 11 is 0. The Hall–Kier alpha value is -3.53. The predicted octanol–water partition coefficient (Wildman–Crippen LogP) is 4.77. The molecule has 0 saturated carbocycles. The number of aromatic nitrogens is 3. The number of hydrogen-bond acceptors (Lipinski definition) is 4. The lowest BCUT2D eigenvalue weighted by atomic mass is 10.00. The molecule has 0 amide bonds. The second-order valence-corrected chi connectivity index (χ2v) is 6.96. The topological polar surface area (TPSA) is 41.9 Å². The lowest BCUT2D eigenvalue weighted by molar-refractivity contribution is 0.720. The monoisotopic (exact) mass is 364 g/mol. The smallest absolute Gasteiger partial charge is 0.180 e. The molecule has 0 aliphatic carbocycles. The molecule has 0 fully saturated rings. The minimum atomic E-state index is 0.663. The Morgan fingerprint density at radius 1 is 0.714 bits per heavy atom. The van der Waals surface area contributed by atoms with Crippen molar-refractivity contribution in [3.63, 3.8) is 0 Å². The zero-order valence-corrected chi connectivity index (χ0v) is 15.5. The van der Waals surface area contributed by atoms with Gasteiger partial charge in [-0.15, -0.1) is 0 Å². The number of pyridine rings is 1. The van der Waals surface area contributed by atoms with Crippen molar-refractivity contribution >= 4 is 5.82 Å². The molecule has 1 aliphatic heterocycles. The van der Waals surface area contributed by atoms with E-state index in [0.29, 0.717) is 5.82 Å². The molecule has 0 unspecified atom stereocenters. The largest absolute Gasteiger partial charge is 0.352 e. The third-order valence-corrected chi connectivity index (χ3v) is 5.13. The average Bonchev–Trinajstić information content (AvgIpc) is 2.79. The molecule has 4 aromatic rings. The van der Waals surface area contributed by atoms with Crippen molar-refractivity contribution in [2.75, 3.05) is 11.4 Å². The van der Waals surface area contributed by atoms with Gasteiger partial charge in [0.2, 0.25) is 0 Å². The molecule has 0 spiro atoms. The van der Waals surface area contributed by atoms with Crippen LogP contribution in [-0.4, -0.2) is 21.5 Å². The number of hydrogen-bond donors (Lipinski definition) is 0. The highest BCUT2D eigenvalue weighted by Crippen LogP contribution is 2.28. The first-order chi connectivity index (χ1) is 13.9. The summed E-state index contributed by atoms with van der Waals surface area (Å²) in [5.41, 5.74) is 5.60. The van der Waals surface area contributed by atoms with E-state index in [4.69, 9.17) is 9.97 Å². The van der Waals surface area contributed by atoms with E-state index >= 15 is 0 Å². The predicted molar refractivity (Wildman–Crippen MR) is 112 cm³/mol. The lowest BCUT2D eigenvalue weighted by Crippen LogP contribution is -2.31. The molecule has 0 atom stereocenters. The molecule has 0 saturated heterocycles. The van der Waals surface area contributed by atoms with Gasteiger partial charge in [-0.3, -0.25) is 4.98 Å². The van der Waals surface area contributed by atoms with Crippen LogP contribution in [0.2, 0.25) is 0 Å². The molecule has 5 rings (SSSR count). The zero-order chi connectivity index (χ0) is 18.8. The molecular formula is C24H20N4. The van der Waals surface area contributed by atoms with Crippen LogP contribution in [0.3, 0.4) is 0 Å². The Morgan fingerprint density at radius 3 is 2.32 bits per heavy atom. The minimum Gasteiger partial charge on any atom is -0.352 e. The van der Waals surface area contributed by atoms with Gasteiger partial charge in [-0.25, -0.2) is 9.97 Å². The summed E-state index contributed by atoms with van der Waals surface area (Å²) in [5.74, 6) is 1.61. The van der Waals surface area contributed by atoms with Crippen molar-refractivity contribution in [1.29, 1.82) is 0 Å². The Labute approximate surface area is 164 Å². The molecule has 1 aliphatic rings. The Kier molecular flexibility index (Phi) is 4.30. The van der Waals surface area contributed by atoms with E-state index in [1.807, 2.05) is 36.4 Å². The van der Waals surface area contributed by atoms with Crippen LogP contribution < -0.4 is 4.90 Å². The number of benzene rings is 2. The van der Waals surface area contributed by atoms with Crippen molar-refractivity contribution in [1.82, 2.24) is 15.0 Å². The third kappa shape index (κ3) is 3.25. The summed E-state index contributed by atoms with van der Waals surface area (Å²) in [6.07, 6.45) is 2.81. The van der Waals surface area contributed by atoms with Crippen LogP contribution >= 0.6 is 0 Å². The molecule has 136 valence electrons. The number of nitrogens with zero attached hydrogens (tertiary/aromatic N) is 4. The highest BCUT2D eigenvalue weighted by atomic mass is 15.2. The van der Waals surface area contributed by atoms with E-state index in [1.165, 1.54) is 11.1 Å². The van der Waals surface area contributed by atoms with Gasteiger partial charge in [0, 0.05) is 30.9 Å². The zero-order valence-electron chi connectivity index (χ0n) is 15.5. The Bertz CT molecular complexity index is 1040. The molecule has 0 radical (unpaired) electrons. The second kappa shape index (κ2) is 7.24. The van der Waals surface area contributed by atoms with Crippen molar-refractivity contribution in [3.05, 3.63) is 96.2 Å². The maximum atomic E-state index is 4.88. The van der Waals surface area contributed by atoms with Crippen molar-refractivity contribution < 1.29 is 0 Å². The summed E-state index contributed by atoms with van der Waals surface area (Å²) in [6, 6.07) is 26.8. The van der Waals surface area contributed by atoms with Crippen LogP contribution in [0, 0.1) is 0 Å². The first-order valence-corrected chi connectivity index (χ1v) is 9.54. The van der Waals surface area contributed by atoms with Crippen LogP contribution in [0.25, 0.3) is 22.8 Å². The van der Waals surface area contributed by atoms with Gasteiger partial charge in [0.25, 0.3) is 0 Å². The van der Waals surface area contributed by atoms with Gasteiger partial charge in [-0.2, -0.15) is 0 Å². The quantitative estimate of drug-likeness (QED) is 0.525. The van der Waals surface area contributed by atoms with Crippen LogP contribution in [0.5, 0.6) is 0 Å². The third-order valence-electron chi connectivity index (χ3n) is 5.13. The molecule has 4 nitrogen and oxygen atoms in total. The van der Waals surface area contributed by atoms with E-state index in [0.717, 1.165) is 42.3 Å². The fourth-order valence-electron chi connectivity index (χ4n) is 3.65. The lowest BCUT2D eigenvalue weighted by Gasteiger charge is -2.30. The molecule has 0 N–H and O–H groups in total. The highest BCUT2D eigenvalue weighted by Gasteiger charge is 2.19. The summed E-state index contributed by atoms with van der Waals surface area (Å²) < 4.78 is 0. The molecule has 2 aromatic carbocycles. The molecule has 28 heavy (non-hydrogen) atoms. The first-order valence-electron chi connectivity index (χ1n) is 9.54. The van der Waals surface area contributed by atoms with Gasteiger partial charge in [-0.1, -0.05) is 60.7 Å². The van der Waals surface area contributed by atoms with Crippen LogP contribution in [0.4, 0.5) is 5.82 Å². The normalized spacial score (nSPS) is 13.2. The maximum absolute atomic E-state index is 4.88. The number of rotatable bonds is 3. The van der Waals surface area contributed by atoms with Gasteiger partial charge < -0.3 is 4.90 Å². The number of fused-ring (bicyclic) bond motifs is 1. The van der Waals surface area contributed by atoms with E-state index in [-0.39, 0.29) is 0 Å². The molecule has 2 aromatic heterocycles. The van der Waals surface area contributed by atoms with E-state index in [1.54, 1.807) is 6.20 Å². The highest BCUT2D eigenvalue weighted by molar-refractivity contribution is 5.67. The van der Waals surface area contributed by atoms with Crippen LogP contribution in [0.1, 0.15) is 11.1 Å². The number of anilines is 1. The molecule has 3 heterocycles. The summed E-state index contributed by atoms with van der Waals surface area (Å²) in [4.78, 5) is 16.5. The van der Waals surface area contributed by atoms with Gasteiger partial charge in [0.1, 0.15) is 11.5 Å². The minimum absolute atomic E-state index is 0.663. The average molecular weight is 364 g/mol. The summed E-state index contributed by atoms with van der Waals surface area (Å²) in [7, 11) is 0. The Balaban J connectivity index is 1.59. The molecule has 4 heteroatoms. The Morgan fingerprint density at radius 2 is 1.50 bits per heavy atom. The van der Waals surface area contributed by atoms with Gasteiger partial charge in [-0.05, 0) is 29.7 Å². The first kappa shape index (κ1) is 16.6. The van der Waals surface area contributed by atoms with Gasteiger partial charge in [0.15, 0.2) is 5.82 Å². The fraction of sp³-hybridized carbons (Fsp3) is 0.125. The van der Waals surface area contributed by atoms with Crippen molar-refractivity contribution in [2.24, 2.45) is 0 Å². The van der Waals surface area contributed by atoms with Crippen LogP contribution in [0.15, 0.2) is 85.1 Å². The van der Waals surface area contributed by atoms with Crippen LogP contribution in [-0.2, 0) is 13.0 Å². The van der Waals surface area contributed by atoms with E-state index in [9.17, 15) is 0 Å². The van der Waals surface area contributed by atoms with Gasteiger partial charge in [0.05, 0.1) is 5.69 Å². The van der Waals surface area contributed by atoms with Gasteiger partial charge >= 0.3 is 0 Å². The van der Waals surface area contributed by atoms with E-state index in [2.05, 4.69) is 52.3 Å².